The smallest absolute Gasteiger partial charge is 0.272 e. The minimum Gasteiger partial charge on any atom is -0.398 e. The van der Waals surface area contributed by atoms with Crippen LogP contribution < -0.4 is 5.73 Å². The molecule has 2 rings (SSSR count). The monoisotopic (exact) mass is 271 g/mol. The van der Waals surface area contributed by atoms with Gasteiger partial charge in [0.15, 0.2) is 0 Å². The van der Waals surface area contributed by atoms with E-state index in [9.17, 15) is 4.79 Å². The third-order valence-electron chi connectivity index (χ3n) is 3.36. The van der Waals surface area contributed by atoms with Crippen molar-refractivity contribution in [1.29, 1.82) is 0 Å². The fourth-order valence-electron chi connectivity index (χ4n) is 2.06. The highest BCUT2D eigenvalue weighted by atomic mass is 16.2. The van der Waals surface area contributed by atoms with Gasteiger partial charge in [0, 0.05) is 24.7 Å². The first-order valence-electron chi connectivity index (χ1n) is 6.89. The van der Waals surface area contributed by atoms with Crippen LogP contribution in [-0.2, 0) is 0 Å². The Bertz CT molecular complexity index is 622. The maximum atomic E-state index is 12.4. The SMILES string of the molecule is CC(C)CCN(C)C(=O)c1cc(N)c2ccccc2n1. The maximum Gasteiger partial charge on any atom is 0.272 e. The van der Waals surface area contributed by atoms with Gasteiger partial charge in [0.05, 0.1) is 5.52 Å². The van der Waals surface area contributed by atoms with Gasteiger partial charge in [-0.25, -0.2) is 4.98 Å². The molecule has 0 aliphatic heterocycles. The minimum absolute atomic E-state index is 0.0805. The van der Waals surface area contributed by atoms with Gasteiger partial charge in [-0.3, -0.25) is 4.79 Å². The highest BCUT2D eigenvalue weighted by Gasteiger charge is 2.15. The number of amides is 1. The molecule has 2 aromatic rings. The lowest BCUT2D eigenvalue weighted by atomic mass is 10.1. The van der Waals surface area contributed by atoms with Crippen LogP contribution in [0.15, 0.2) is 30.3 Å². The third-order valence-corrected chi connectivity index (χ3v) is 3.36. The first kappa shape index (κ1) is 14.3. The summed E-state index contributed by atoms with van der Waals surface area (Å²) in [5.41, 5.74) is 7.77. The van der Waals surface area contributed by atoms with Crippen LogP contribution >= 0.6 is 0 Å². The third kappa shape index (κ3) is 3.07. The van der Waals surface area contributed by atoms with Crippen LogP contribution in [0.25, 0.3) is 10.9 Å². The molecule has 0 unspecified atom stereocenters. The number of para-hydroxylation sites is 1. The molecule has 0 saturated heterocycles. The summed E-state index contributed by atoms with van der Waals surface area (Å²) >= 11 is 0. The van der Waals surface area contributed by atoms with Gasteiger partial charge < -0.3 is 10.6 Å². The van der Waals surface area contributed by atoms with E-state index >= 15 is 0 Å². The number of rotatable bonds is 4. The predicted octanol–water partition coefficient (Wildman–Crippen LogP) is 2.94. The Morgan fingerprint density at radius 1 is 1.35 bits per heavy atom. The second kappa shape index (κ2) is 5.90. The molecule has 1 aromatic heterocycles. The van der Waals surface area contributed by atoms with Crippen LogP contribution in [0, 0.1) is 5.92 Å². The Kier molecular flexibility index (Phi) is 4.23. The molecular formula is C16H21N3O. The van der Waals surface area contributed by atoms with E-state index in [1.54, 1.807) is 18.0 Å². The molecule has 0 aliphatic rings. The van der Waals surface area contributed by atoms with E-state index in [2.05, 4.69) is 18.8 Å². The first-order chi connectivity index (χ1) is 9.49. The quantitative estimate of drug-likeness (QED) is 0.930. The number of hydrogen-bond donors (Lipinski definition) is 1. The lowest BCUT2D eigenvalue weighted by Crippen LogP contribution is -2.29. The van der Waals surface area contributed by atoms with Crippen LogP contribution in [0.4, 0.5) is 5.69 Å². The van der Waals surface area contributed by atoms with E-state index < -0.39 is 0 Å². The molecule has 1 heterocycles. The lowest BCUT2D eigenvalue weighted by molar-refractivity contribution is 0.0784. The number of nitrogens with zero attached hydrogens (tertiary/aromatic N) is 2. The Labute approximate surface area is 119 Å². The van der Waals surface area contributed by atoms with Crippen molar-refractivity contribution in [3.63, 3.8) is 0 Å². The highest BCUT2D eigenvalue weighted by molar-refractivity contribution is 5.99. The molecule has 0 bridgehead atoms. The summed E-state index contributed by atoms with van der Waals surface area (Å²) in [5, 5.41) is 0.883. The molecule has 4 nitrogen and oxygen atoms in total. The topological polar surface area (TPSA) is 59.2 Å². The van der Waals surface area contributed by atoms with Gasteiger partial charge >= 0.3 is 0 Å². The average Bonchev–Trinajstić information content (AvgIpc) is 2.43. The zero-order chi connectivity index (χ0) is 14.7. The Morgan fingerprint density at radius 3 is 2.75 bits per heavy atom. The summed E-state index contributed by atoms with van der Waals surface area (Å²) in [6.45, 7) is 5.01. The Balaban J connectivity index is 2.26. The van der Waals surface area contributed by atoms with Gasteiger partial charge in [-0.15, -0.1) is 0 Å². The Hall–Kier alpha value is -2.10. The van der Waals surface area contributed by atoms with Crippen LogP contribution in [0.5, 0.6) is 0 Å². The van der Waals surface area contributed by atoms with Crippen molar-refractivity contribution in [2.24, 2.45) is 5.92 Å². The highest BCUT2D eigenvalue weighted by Crippen LogP contribution is 2.20. The second-order valence-corrected chi connectivity index (χ2v) is 5.52. The molecule has 4 heteroatoms. The molecule has 0 fully saturated rings. The molecule has 0 spiro atoms. The fourth-order valence-corrected chi connectivity index (χ4v) is 2.06. The molecule has 106 valence electrons. The van der Waals surface area contributed by atoms with Gasteiger partial charge in [-0.1, -0.05) is 32.0 Å². The van der Waals surface area contributed by atoms with Crippen molar-refractivity contribution in [3.05, 3.63) is 36.0 Å². The number of hydrogen-bond acceptors (Lipinski definition) is 3. The number of aromatic nitrogens is 1. The summed E-state index contributed by atoms with van der Waals surface area (Å²) in [6.07, 6.45) is 0.977. The van der Waals surface area contributed by atoms with Gasteiger partial charge in [0.2, 0.25) is 0 Å². The van der Waals surface area contributed by atoms with Crippen molar-refractivity contribution < 1.29 is 4.79 Å². The minimum atomic E-state index is -0.0805. The van der Waals surface area contributed by atoms with E-state index in [4.69, 9.17) is 5.73 Å². The van der Waals surface area contributed by atoms with Gasteiger partial charge in [-0.05, 0) is 24.5 Å². The molecule has 20 heavy (non-hydrogen) atoms. The molecule has 1 aromatic carbocycles. The number of anilines is 1. The van der Waals surface area contributed by atoms with E-state index in [1.807, 2.05) is 24.3 Å². The molecule has 2 N–H and O–H groups in total. The van der Waals surface area contributed by atoms with Crippen molar-refractivity contribution >= 4 is 22.5 Å². The summed E-state index contributed by atoms with van der Waals surface area (Å²) in [4.78, 5) is 18.5. The van der Waals surface area contributed by atoms with Crippen LogP contribution in [-0.4, -0.2) is 29.4 Å². The van der Waals surface area contributed by atoms with Crippen molar-refractivity contribution in [2.45, 2.75) is 20.3 Å². The van der Waals surface area contributed by atoms with E-state index in [0.29, 0.717) is 17.3 Å². The average molecular weight is 271 g/mol. The molecule has 1 amide bonds. The van der Waals surface area contributed by atoms with Crippen LogP contribution in [0.2, 0.25) is 0 Å². The standard InChI is InChI=1S/C16H21N3O/c1-11(2)8-9-19(3)16(20)15-10-13(17)12-6-4-5-7-14(12)18-15/h4-7,10-11H,8-9H2,1-3H3,(H2,17,18). The number of nitrogen functional groups attached to an aromatic ring is 1. The summed E-state index contributed by atoms with van der Waals surface area (Å²) in [6, 6.07) is 9.25. The van der Waals surface area contributed by atoms with Gasteiger partial charge in [0.1, 0.15) is 5.69 Å². The van der Waals surface area contributed by atoms with E-state index in [0.717, 1.165) is 23.9 Å². The Morgan fingerprint density at radius 2 is 2.05 bits per heavy atom. The summed E-state index contributed by atoms with van der Waals surface area (Å²) in [5.74, 6) is 0.489. The number of carbonyl (C=O) groups is 1. The molecule has 0 saturated carbocycles. The summed E-state index contributed by atoms with van der Waals surface area (Å²) < 4.78 is 0. The zero-order valence-corrected chi connectivity index (χ0v) is 12.3. The van der Waals surface area contributed by atoms with Gasteiger partial charge in [-0.2, -0.15) is 0 Å². The first-order valence-corrected chi connectivity index (χ1v) is 6.89. The van der Waals surface area contributed by atoms with E-state index in [-0.39, 0.29) is 5.91 Å². The summed E-state index contributed by atoms with van der Waals surface area (Å²) in [7, 11) is 1.80. The molecule has 0 radical (unpaired) electrons. The van der Waals surface area contributed by atoms with Crippen LogP contribution in [0.3, 0.4) is 0 Å². The predicted molar refractivity (Wildman–Crippen MR) is 82.6 cm³/mol. The van der Waals surface area contributed by atoms with E-state index in [1.165, 1.54) is 0 Å². The van der Waals surface area contributed by atoms with Crippen molar-refractivity contribution in [3.8, 4) is 0 Å². The molecule has 0 atom stereocenters. The lowest BCUT2D eigenvalue weighted by Gasteiger charge is -2.18. The normalized spacial score (nSPS) is 11.0. The number of pyridine rings is 1. The zero-order valence-electron chi connectivity index (χ0n) is 12.3. The fraction of sp³-hybridized carbons (Fsp3) is 0.375. The van der Waals surface area contributed by atoms with Crippen LogP contribution in [0.1, 0.15) is 30.8 Å². The number of fused-ring (bicyclic) bond motifs is 1. The second-order valence-electron chi connectivity index (χ2n) is 5.52. The van der Waals surface area contributed by atoms with Crippen molar-refractivity contribution in [2.75, 3.05) is 19.3 Å². The number of benzene rings is 1. The molecular weight excluding hydrogens is 250 g/mol. The largest absolute Gasteiger partial charge is 0.398 e. The van der Waals surface area contributed by atoms with Gasteiger partial charge in [0.25, 0.3) is 5.91 Å². The van der Waals surface area contributed by atoms with Crippen molar-refractivity contribution in [1.82, 2.24) is 9.88 Å². The number of carbonyl (C=O) groups excluding carboxylic acids is 1. The molecule has 0 aliphatic carbocycles. The maximum absolute atomic E-state index is 12.4. The number of nitrogens with two attached hydrogens (primary N) is 1.